The van der Waals surface area contributed by atoms with E-state index in [1.165, 1.54) is 12.3 Å². The van der Waals surface area contributed by atoms with Crippen LogP contribution >= 0.6 is 31.9 Å². The molecule has 0 atom stereocenters. The van der Waals surface area contributed by atoms with E-state index in [0.717, 1.165) is 15.6 Å². The smallest absolute Gasteiger partial charge is 0.231 e. The van der Waals surface area contributed by atoms with Crippen molar-refractivity contribution in [2.45, 2.75) is 13.8 Å². The number of aryl methyl sites for hydroxylation is 1. The van der Waals surface area contributed by atoms with Crippen LogP contribution in [0.1, 0.15) is 18.1 Å². The molecule has 6 nitrogen and oxygen atoms in total. The standard InChI is InChI=1S/C23H18Br2N2O4/c1-3-30-20-10-16(24)21(25)15(22(20)29)11-26-13-5-6-14(18(28)9-13)23-27-17-7-4-12(2)8-19(17)31-23/h4-11,28-29H,3H2,1-2H3. The lowest BCUT2D eigenvalue weighted by atomic mass is 10.1. The van der Waals surface area contributed by atoms with Gasteiger partial charge in [0.2, 0.25) is 5.89 Å². The molecule has 0 aliphatic carbocycles. The van der Waals surface area contributed by atoms with Crippen molar-refractivity contribution in [3.8, 4) is 28.7 Å². The van der Waals surface area contributed by atoms with Crippen LogP contribution in [0.25, 0.3) is 22.6 Å². The highest BCUT2D eigenvalue weighted by molar-refractivity contribution is 9.13. The summed E-state index contributed by atoms with van der Waals surface area (Å²) in [6.45, 7) is 4.24. The van der Waals surface area contributed by atoms with E-state index in [2.05, 4.69) is 41.8 Å². The van der Waals surface area contributed by atoms with Gasteiger partial charge in [0.1, 0.15) is 11.3 Å². The summed E-state index contributed by atoms with van der Waals surface area (Å²) in [4.78, 5) is 8.83. The van der Waals surface area contributed by atoms with Gasteiger partial charge in [-0.05, 0) is 81.6 Å². The summed E-state index contributed by atoms with van der Waals surface area (Å²) < 4.78 is 12.6. The van der Waals surface area contributed by atoms with Gasteiger partial charge in [0.05, 0.1) is 23.4 Å². The summed E-state index contributed by atoms with van der Waals surface area (Å²) in [6, 6.07) is 12.4. The predicted molar refractivity (Wildman–Crippen MR) is 128 cm³/mol. The van der Waals surface area contributed by atoms with E-state index >= 15 is 0 Å². The largest absolute Gasteiger partial charge is 0.507 e. The first-order valence-electron chi connectivity index (χ1n) is 9.45. The van der Waals surface area contributed by atoms with E-state index in [0.29, 0.717) is 45.1 Å². The maximum Gasteiger partial charge on any atom is 0.231 e. The molecule has 0 aliphatic rings. The second kappa shape index (κ2) is 8.72. The van der Waals surface area contributed by atoms with Gasteiger partial charge in [-0.25, -0.2) is 4.98 Å². The zero-order valence-electron chi connectivity index (χ0n) is 16.7. The molecular weight excluding hydrogens is 528 g/mol. The fraction of sp³-hybridized carbons (Fsp3) is 0.130. The van der Waals surface area contributed by atoms with Gasteiger partial charge in [0, 0.05) is 21.2 Å². The second-order valence-electron chi connectivity index (χ2n) is 6.82. The molecule has 31 heavy (non-hydrogen) atoms. The van der Waals surface area contributed by atoms with Crippen molar-refractivity contribution in [3.05, 3.63) is 62.5 Å². The Morgan fingerprint density at radius 2 is 1.94 bits per heavy atom. The lowest BCUT2D eigenvalue weighted by molar-refractivity contribution is 0.317. The highest BCUT2D eigenvalue weighted by Crippen LogP contribution is 2.40. The summed E-state index contributed by atoms with van der Waals surface area (Å²) in [6.07, 6.45) is 1.50. The Labute approximate surface area is 195 Å². The Balaban J connectivity index is 1.66. The van der Waals surface area contributed by atoms with Crippen LogP contribution in [-0.2, 0) is 0 Å². The molecule has 2 N–H and O–H groups in total. The molecule has 0 fully saturated rings. The number of hydrogen-bond acceptors (Lipinski definition) is 6. The molecule has 1 aromatic heterocycles. The number of benzene rings is 3. The van der Waals surface area contributed by atoms with Crippen molar-refractivity contribution in [2.75, 3.05) is 6.61 Å². The van der Waals surface area contributed by atoms with E-state index in [-0.39, 0.29) is 11.5 Å². The zero-order chi connectivity index (χ0) is 22.1. The molecule has 8 heteroatoms. The number of phenolic OH excluding ortho intramolecular Hbond substituents is 2. The molecule has 0 amide bonds. The van der Waals surface area contributed by atoms with Crippen LogP contribution in [0.3, 0.4) is 0 Å². The molecule has 4 aromatic rings. The van der Waals surface area contributed by atoms with Gasteiger partial charge < -0.3 is 19.4 Å². The van der Waals surface area contributed by atoms with Crippen molar-refractivity contribution >= 4 is 54.9 Å². The van der Waals surface area contributed by atoms with Gasteiger partial charge in [-0.2, -0.15) is 0 Å². The molecule has 0 saturated carbocycles. The Kier molecular flexibility index (Phi) is 6.02. The SMILES string of the molecule is CCOc1cc(Br)c(Br)c(C=Nc2ccc(-c3nc4ccc(C)cc4o3)c(O)c2)c1O. The summed E-state index contributed by atoms with van der Waals surface area (Å²) in [7, 11) is 0. The number of phenols is 2. The quantitative estimate of drug-likeness (QED) is 0.267. The molecule has 0 aliphatic heterocycles. The number of aromatic hydroxyl groups is 2. The number of ether oxygens (including phenoxy) is 1. The third-order valence-corrected chi connectivity index (χ3v) is 6.60. The van der Waals surface area contributed by atoms with Crippen LogP contribution in [0.4, 0.5) is 5.69 Å². The van der Waals surface area contributed by atoms with Crippen molar-refractivity contribution in [3.63, 3.8) is 0 Å². The lowest BCUT2D eigenvalue weighted by Gasteiger charge is -2.11. The Morgan fingerprint density at radius 3 is 2.68 bits per heavy atom. The van der Waals surface area contributed by atoms with Crippen LogP contribution in [-0.4, -0.2) is 28.0 Å². The molecule has 0 radical (unpaired) electrons. The van der Waals surface area contributed by atoms with Gasteiger partial charge in [-0.15, -0.1) is 0 Å². The van der Waals surface area contributed by atoms with Crippen LogP contribution in [0.5, 0.6) is 17.2 Å². The van der Waals surface area contributed by atoms with Crippen molar-refractivity contribution in [1.29, 1.82) is 0 Å². The van der Waals surface area contributed by atoms with Gasteiger partial charge in [-0.3, -0.25) is 4.99 Å². The maximum atomic E-state index is 10.5. The first kappa shape index (κ1) is 21.4. The normalized spacial score (nSPS) is 11.5. The summed E-state index contributed by atoms with van der Waals surface area (Å²) in [5, 5.41) is 21.0. The van der Waals surface area contributed by atoms with E-state index in [1.807, 2.05) is 32.0 Å². The van der Waals surface area contributed by atoms with Crippen molar-refractivity contribution in [2.24, 2.45) is 4.99 Å². The zero-order valence-corrected chi connectivity index (χ0v) is 19.9. The van der Waals surface area contributed by atoms with E-state index < -0.39 is 0 Å². The van der Waals surface area contributed by atoms with Crippen molar-refractivity contribution in [1.82, 2.24) is 4.98 Å². The van der Waals surface area contributed by atoms with Crippen LogP contribution in [0.2, 0.25) is 0 Å². The Morgan fingerprint density at radius 1 is 1.13 bits per heavy atom. The number of aliphatic imine (C=N–C) groups is 1. The van der Waals surface area contributed by atoms with E-state index in [1.54, 1.807) is 18.2 Å². The third kappa shape index (κ3) is 4.31. The first-order valence-corrected chi connectivity index (χ1v) is 11.0. The number of aromatic nitrogens is 1. The predicted octanol–water partition coefficient (Wildman–Crippen LogP) is 6.89. The highest BCUT2D eigenvalue weighted by atomic mass is 79.9. The molecule has 0 spiro atoms. The second-order valence-corrected chi connectivity index (χ2v) is 8.46. The number of fused-ring (bicyclic) bond motifs is 1. The average Bonchev–Trinajstić information content (AvgIpc) is 3.15. The number of hydrogen-bond donors (Lipinski definition) is 2. The molecule has 0 saturated heterocycles. The van der Waals surface area contributed by atoms with Crippen LogP contribution < -0.4 is 4.74 Å². The van der Waals surface area contributed by atoms with Gasteiger partial charge >= 0.3 is 0 Å². The van der Waals surface area contributed by atoms with Gasteiger partial charge in [0.25, 0.3) is 0 Å². The molecule has 158 valence electrons. The molecule has 3 aromatic carbocycles. The maximum absolute atomic E-state index is 10.5. The molecule has 1 heterocycles. The number of rotatable bonds is 5. The topological polar surface area (TPSA) is 88.1 Å². The highest BCUT2D eigenvalue weighted by Gasteiger charge is 2.16. The van der Waals surface area contributed by atoms with Crippen LogP contribution in [0, 0.1) is 6.92 Å². The van der Waals surface area contributed by atoms with E-state index in [9.17, 15) is 10.2 Å². The first-order chi connectivity index (χ1) is 14.9. The lowest BCUT2D eigenvalue weighted by Crippen LogP contribution is -1.95. The Bertz CT molecular complexity index is 1310. The fourth-order valence-electron chi connectivity index (χ4n) is 3.06. The monoisotopic (exact) mass is 544 g/mol. The number of nitrogens with zero attached hydrogens (tertiary/aromatic N) is 2. The van der Waals surface area contributed by atoms with Crippen molar-refractivity contribution < 1.29 is 19.4 Å². The minimum Gasteiger partial charge on any atom is -0.507 e. The fourth-order valence-corrected chi connectivity index (χ4v) is 3.89. The average molecular weight is 546 g/mol. The summed E-state index contributed by atoms with van der Waals surface area (Å²) in [5.41, 5.74) is 3.88. The minimum absolute atomic E-state index is 0.00883. The molecule has 0 bridgehead atoms. The van der Waals surface area contributed by atoms with Gasteiger partial charge in [0.15, 0.2) is 17.1 Å². The van der Waals surface area contributed by atoms with Crippen LogP contribution in [0.15, 0.2) is 60.8 Å². The summed E-state index contributed by atoms with van der Waals surface area (Å²) in [5.74, 6) is 0.652. The minimum atomic E-state index is -0.0247. The molecule has 4 rings (SSSR count). The number of halogens is 2. The Hall–Kier alpha value is -2.84. The van der Waals surface area contributed by atoms with E-state index in [4.69, 9.17) is 9.15 Å². The van der Waals surface area contributed by atoms with Gasteiger partial charge in [-0.1, -0.05) is 6.07 Å². The number of oxazole rings is 1. The molecular formula is C23H18Br2N2O4. The molecule has 0 unspecified atom stereocenters. The third-order valence-electron chi connectivity index (χ3n) is 4.59. The summed E-state index contributed by atoms with van der Waals surface area (Å²) >= 11 is 6.88.